The predicted octanol–water partition coefficient (Wildman–Crippen LogP) is 2.62. The number of terminal acetylenes is 1. The monoisotopic (exact) mass is 274 g/mol. The molecule has 0 saturated carbocycles. The number of benzene rings is 1. The highest BCUT2D eigenvalue weighted by Gasteiger charge is 2.15. The predicted molar refractivity (Wildman–Crippen MR) is 71.1 cm³/mol. The maximum Gasteiger partial charge on any atom is 0.268 e. The van der Waals surface area contributed by atoms with Gasteiger partial charge < -0.3 is 5.73 Å². The van der Waals surface area contributed by atoms with Crippen LogP contribution in [0.1, 0.15) is 16.1 Å². The minimum atomic E-state index is -0.820. The minimum Gasteiger partial charge on any atom is -0.364 e. The van der Waals surface area contributed by atoms with Crippen LogP contribution in [0.5, 0.6) is 0 Å². The quantitative estimate of drug-likeness (QED) is 0.856. The first kappa shape index (κ1) is 13.1. The van der Waals surface area contributed by atoms with E-state index in [4.69, 9.17) is 23.8 Å². The fourth-order valence-corrected chi connectivity index (χ4v) is 1.83. The lowest BCUT2D eigenvalue weighted by Crippen LogP contribution is -2.14. The van der Waals surface area contributed by atoms with Crippen LogP contribution in [0.25, 0.3) is 11.3 Å². The van der Waals surface area contributed by atoms with E-state index in [9.17, 15) is 9.18 Å². The van der Waals surface area contributed by atoms with Gasteiger partial charge >= 0.3 is 0 Å². The number of hydrogen-bond donors (Lipinski definition) is 1. The molecule has 94 valence electrons. The smallest absolute Gasteiger partial charge is 0.268 e. The zero-order chi connectivity index (χ0) is 14.0. The van der Waals surface area contributed by atoms with Crippen LogP contribution in [-0.4, -0.2) is 10.9 Å². The van der Waals surface area contributed by atoms with Gasteiger partial charge in [0.15, 0.2) is 5.82 Å². The highest BCUT2D eigenvalue weighted by atomic mass is 35.5. The van der Waals surface area contributed by atoms with Gasteiger partial charge in [0.05, 0.1) is 5.02 Å². The van der Waals surface area contributed by atoms with Crippen LogP contribution in [0.4, 0.5) is 4.39 Å². The summed E-state index contributed by atoms with van der Waals surface area (Å²) in [4.78, 5) is 15.0. The molecule has 2 aromatic rings. The van der Waals surface area contributed by atoms with Crippen molar-refractivity contribution >= 4 is 17.5 Å². The SMILES string of the molecule is C#Cc1cccc(-c2nc(C(N)=O)c(Cl)cc2F)c1. The number of nitrogens with two attached hydrogens (primary N) is 1. The molecule has 0 radical (unpaired) electrons. The van der Waals surface area contributed by atoms with Crippen molar-refractivity contribution in [3.05, 3.63) is 52.4 Å². The van der Waals surface area contributed by atoms with E-state index in [0.29, 0.717) is 11.1 Å². The molecule has 0 unspecified atom stereocenters. The Hall–Kier alpha value is -2.38. The number of aromatic nitrogens is 1. The number of carbonyl (C=O) groups is 1. The van der Waals surface area contributed by atoms with Gasteiger partial charge in [-0.25, -0.2) is 9.37 Å². The van der Waals surface area contributed by atoms with Gasteiger partial charge in [0.2, 0.25) is 0 Å². The minimum absolute atomic E-state index is 0.0182. The number of amides is 1. The largest absolute Gasteiger partial charge is 0.364 e. The Balaban J connectivity index is 2.65. The molecule has 5 heteroatoms. The maximum atomic E-state index is 13.9. The number of hydrogen-bond acceptors (Lipinski definition) is 2. The van der Waals surface area contributed by atoms with E-state index in [1.54, 1.807) is 24.3 Å². The summed E-state index contributed by atoms with van der Waals surface area (Å²) >= 11 is 5.71. The molecule has 3 nitrogen and oxygen atoms in total. The molecule has 1 heterocycles. The molecule has 0 bridgehead atoms. The van der Waals surface area contributed by atoms with Crippen molar-refractivity contribution in [3.8, 4) is 23.6 Å². The second-order valence-corrected chi connectivity index (χ2v) is 4.15. The molecule has 0 aliphatic heterocycles. The summed E-state index contributed by atoms with van der Waals surface area (Å²) < 4.78 is 13.9. The third-order valence-electron chi connectivity index (χ3n) is 2.47. The van der Waals surface area contributed by atoms with Crippen molar-refractivity contribution in [1.29, 1.82) is 0 Å². The lowest BCUT2D eigenvalue weighted by molar-refractivity contribution is 0.0996. The first-order valence-electron chi connectivity index (χ1n) is 5.26. The Morgan fingerprint density at radius 2 is 2.16 bits per heavy atom. The number of nitrogens with zero attached hydrogens (tertiary/aromatic N) is 1. The number of pyridine rings is 1. The summed E-state index contributed by atoms with van der Waals surface area (Å²) in [5.41, 5.74) is 5.96. The molecule has 1 amide bonds. The number of carbonyl (C=O) groups excluding carboxylic acids is 1. The highest BCUT2D eigenvalue weighted by Crippen LogP contribution is 2.25. The Bertz CT molecular complexity index is 707. The van der Waals surface area contributed by atoms with E-state index in [2.05, 4.69) is 10.9 Å². The summed E-state index contributed by atoms with van der Waals surface area (Å²) in [7, 11) is 0. The molecule has 1 aromatic carbocycles. The lowest BCUT2D eigenvalue weighted by atomic mass is 10.1. The van der Waals surface area contributed by atoms with E-state index < -0.39 is 11.7 Å². The number of primary amides is 1. The van der Waals surface area contributed by atoms with Crippen molar-refractivity contribution in [2.75, 3.05) is 0 Å². The van der Waals surface area contributed by atoms with Crippen LogP contribution in [0.2, 0.25) is 5.02 Å². The Kier molecular flexibility index (Phi) is 3.50. The topological polar surface area (TPSA) is 56.0 Å². The fourth-order valence-electron chi connectivity index (χ4n) is 1.60. The van der Waals surface area contributed by atoms with Crippen LogP contribution >= 0.6 is 11.6 Å². The van der Waals surface area contributed by atoms with Crippen molar-refractivity contribution in [1.82, 2.24) is 4.98 Å². The average Bonchev–Trinajstić information content (AvgIpc) is 2.38. The van der Waals surface area contributed by atoms with E-state index >= 15 is 0 Å². The molecule has 2 N–H and O–H groups in total. The standard InChI is InChI=1S/C14H8ClFN2O/c1-2-8-4-3-5-9(6-8)12-11(16)7-10(15)13(18-12)14(17)19/h1,3-7H,(H2,17,19). The highest BCUT2D eigenvalue weighted by molar-refractivity contribution is 6.33. The Morgan fingerprint density at radius 3 is 2.79 bits per heavy atom. The van der Waals surface area contributed by atoms with Gasteiger partial charge in [-0.15, -0.1) is 6.42 Å². The van der Waals surface area contributed by atoms with Gasteiger partial charge in [-0.3, -0.25) is 4.79 Å². The maximum absolute atomic E-state index is 13.9. The molecule has 0 spiro atoms. The molecule has 2 rings (SSSR count). The summed E-state index contributed by atoms with van der Waals surface area (Å²) in [5, 5.41) is -0.123. The van der Waals surface area contributed by atoms with Crippen molar-refractivity contribution in [2.24, 2.45) is 5.73 Å². The second-order valence-electron chi connectivity index (χ2n) is 3.74. The molecular formula is C14H8ClFN2O. The zero-order valence-electron chi connectivity index (χ0n) is 9.65. The van der Waals surface area contributed by atoms with Crippen molar-refractivity contribution in [3.63, 3.8) is 0 Å². The summed E-state index contributed by atoms with van der Waals surface area (Å²) in [5.74, 6) is 0.968. The van der Waals surface area contributed by atoms with Crippen LogP contribution in [0, 0.1) is 18.2 Å². The van der Waals surface area contributed by atoms with Gasteiger partial charge in [-0.1, -0.05) is 29.7 Å². The van der Waals surface area contributed by atoms with Crippen molar-refractivity contribution in [2.45, 2.75) is 0 Å². The molecule has 0 atom stereocenters. The van der Waals surface area contributed by atoms with Crippen LogP contribution in [0.3, 0.4) is 0 Å². The first-order chi connectivity index (χ1) is 9.02. The van der Waals surface area contributed by atoms with E-state index in [-0.39, 0.29) is 16.4 Å². The fraction of sp³-hybridized carbons (Fsp3) is 0. The van der Waals surface area contributed by atoms with Crippen molar-refractivity contribution < 1.29 is 9.18 Å². The Labute approximate surface area is 114 Å². The third-order valence-corrected chi connectivity index (χ3v) is 2.75. The zero-order valence-corrected chi connectivity index (χ0v) is 10.4. The van der Waals surface area contributed by atoms with Crippen LogP contribution in [-0.2, 0) is 0 Å². The van der Waals surface area contributed by atoms with Gasteiger partial charge in [-0.2, -0.15) is 0 Å². The molecule has 1 aromatic heterocycles. The second kappa shape index (κ2) is 5.09. The van der Waals surface area contributed by atoms with E-state index in [0.717, 1.165) is 6.07 Å². The van der Waals surface area contributed by atoms with E-state index in [1.165, 1.54) is 0 Å². The molecule has 0 aliphatic rings. The lowest BCUT2D eigenvalue weighted by Gasteiger charge is -2.06. The normalized spacial score (nSPS) is 9.95. The molecule has 0 fully saturated rings. The van der Waals surface area contributed by atoms with Gasteiger partial charge in [0.1, 0.15) is 11.4 Å². The number of halogens is 2. The third kappa shape index (κ3) is 2.56. The molecule has 0 aliphatic carbocycles. The Morgan fingerprint density at radius 1 is 1.42 bits per heavy atom. The molecular weight excluding hydrogens is 267 g/mol. The summed E-state index contributed by atoms with van der Waals surface area (Å²) in [6.45, 7) is 0. The summed E-state index contributed by atoms with van der Waals surface area (Å²) in [6.07, 6.45) is 5.28. The van der Waals surface area contributed by atoms with Gasteiger partial charge in [0, 0.05) is 11.1 Å². The average molecular weight is 275 g/mol. The first-order valence-corrected chi connectivity index (χ1v) is 5.63. The van der Waals surface area contributed by atoms with Gasteiger partial charge in [0.25, 0.3) is 5.91 Å². The van der Waals surface area contributed by atoms with Gasteiger partial charge in [-0.05, 0) is 18.2 Å². The van der Waals surface area contributed by atoms with Crippen LogP contribution < -0.4 is 5.73 Å². The van der Waals surface area contributed by atoms with Crippen LogP contribution in [0.15, 0.2) is 30.3 Å². The molecule has 19 heavy (non-hydrogen) atoms. The number of rotatable bonds is 2. The summed E-state index contributed by atoms with van der Waals surface area (Å²) in [6, 6.07) is 7.60. The molecule has 0 saturated heterocycles. The van der Waals surface area contributed by atoms with E-state index in [1.807, 2.05) is 0 Å².